The number of para-hydroxylation sites is 2. The first-order chi connectivity index (χ1) is 18.9. The number of ether oxygens (including phenoxy) is 2. The van der Waals surface area contributed by atoms with Crippen molar-refractivity contribution in [3.05, 3.63) is 87.3 Å². The third-order valence-electron chi connectivity index (χ3n) is 6.69. The lowest BCUT2D eigenvalue weighted by molar-refractivity contribution is 0.0651. The molecule has 0 aliphatic rings. The van der Waals surface area contributed by atoms with Crippen LogP contribution in [0.2, 0.25) is 0 Å². The van der Waals surface area contributed by atoms with Crippen LogP contribution in [-0.4, -0.2) is 61.0 Å². The molecule has 0 aliphatic carbocycles. The number of fused-ring (bicyclic) bond motifs is 1. The van der Waals surface area contributed by atoms with Gasteiger partial charge in [-0.3, -0.25) is 18.8 Å². The third kappa shape index (κ3) is 7.53. The van der Waals surface area contributed by atoms with Gasteiger partial charge in [0.05, 0.1) is 6.33 Å². The van der Waals surface area contributed by atoms with Gasteiger partial charge in [0.25, 0.3) is 5.56 Å². The highest BCUT2D eigenvalue weighted by Gasteiger charge is 2.17. The second-order valence-corrected chi connectivity index (χ2v) is 9.66. The maximum atomic E-state index is 12.8. The van der Waals surface area contributed by atoms with E-state index >= 15 is 0 Å². The fourth-order valence-corrected chi connectivity index (χ4v) is 4.45. The Hall–Kier alpha value is -3.60. The molecule has 0 fully saturated rings. The standard InChI is InChI=1S/C29H37N5O5.ClH/c1-4-5-15-33(16-17-34-21-30-27-26(34)28(36)32(3)29(37)31(27)2)18-23(35)20-39-25-14-10-9-13-24(25)38-19-22-11-7-6-8-12-22;/h6-14,21,23,35H,4-5,15-20H2,1-3H3;1H. The van der Waals surface area contributed by atoms with Gasteiger partial charge < -0.3 is 19.1 Å². The van der Waals surface area contributed by atoms with Crippen LogP contribution in [-0.2, 0) is 27.2 Å². The van der Waals surface area contributed by atoms with E-state index in [9.17, 15) is 14.7 Å². The van der Waals surface area contributed by atoms with Crippen LogP contribution < -0.4 is 20.7 Å². The summed E-state index contributed by atoms with van der Waals surface area (Å²) in [6.07, 6.45) is 2.86. The molecule has 10 nitrogen and oxygen atoms in total. The van der Waals surface area contributed by atoms with Crippen molar-refractivity contribution in [1.29, 1.82) is 0 Å². The lowest BCUT2D eigenvalue weighted by Crippen LogP contribution is -2.39. The zero-order chi connectivity index (χ0) is 27.8. The normalized spacial score (nSPS) is 11.9. The summed E-state index contributed by atoms with van der Waals surface area (Å²) in [5.41, 5.74) is 1.05. The molecule has 0 radical (unpaired) electrons. The molecule has 2 aromatic carbocycles. The van der Waals surface area contributed by atoms with E-state index in [0.717, 1.165) is 29.5 Å². The molecule has 2 aromatic heterocycles. The first-order valence-corrected chi connectivity index (χ1v) is 13.3. The zero-order valence-corrected chi connectivity index (χ0v) is 24.0. The van der Waals surface area contributed by atoms with E-state index in [-0.39, 0.29) is 24.6 Å². The average molecular weight is 572 g/mol. The molecule has 0 saturated carbocycles. The van der Waals surface area contributed by atoms with E-state index in [1.54, 1.807) is 17.9 Å². The molecule has 11 heteroatoms. The molecule has 0 saturated heterocycles. The van der Waals surface area contributed by atoms with E-state index in [4.69, 9.17) is 9.47 Å². The van der Waals surface area contributed by atoms with Crippen LogP contribution in [0.15, 0.2) is 70.5 Å². The van der Waals surface area contributed by atoms with Crippen molar-refractivity contribution in [2.45, 2.75) is 39.0 Å². The second-order valence-electron chi connectivity index (χ2n) is 9.66. The molecule has 1 N–H and O–H groups in total. The number of imidazole rings is 1. The van der Waals surface area contributed by atoms with Crippen LogP contribution in [0.25, 0.3) is 11.2 Å². The Bertz CT molecular complexity index is 1480. The number of nitrogens with zero attached hydrogens (tertiary/aromatic N) is 5. The number of aliphatic hydroxyl groups is 1. The van der Waals surface area contributed by atoms with Gasteiger partial charge in [-0.05, 0) is 30.7 Å². The summed E-state index contributed by atoms with van der Waals surface area (Å²) < 4.78 is 16.2. The van der Waals surface area contributed by atoms with Gasteiger partial charge in [0, 0.05) is 33.7 Å². The van der Waals surface area contributed by atoms with Gasteiger partial charge in [-0.25, -0.2) is 9.78 Å². The third-order valence-corrected chi connectivity index (χ3v) is 6.69. The summed E-state index contributed by atoms with van der Waals surface area (Å²) in [5.74, 6) is 1.21. The summed E-state index contributed by atoms with van der Waals surface area (Å²) >= 11 is 0. The predicted molar refractivity (Wildman–Crippen MR) is 158 cm³/mol. The first-order valence-electron chi connectivity index (χ1n) is 13.3. The van der Waals surface area contributed by atoms with Crippen LogP contribution in [0.5, 0.6) is 11.5 Å². The number of halogens is 1. The van der Waals surface area contributed by atoms with Crippen LogP contribution in [0.3, 0.4) is 0 Å². The van der Waals surface area contributed by atoms with Crippen LogP contribution in [0.1, 0.15) is 25.3 Å². The number of rotatable bonds is 14. The van der Waals surface area contributed by atoms with Crippen molar-refractivity contribution in [3.8, 4) is 11.5 Å². The molecule has 2 heterocycles. The van der Waals surface area contributed by atoms with Crippen LogP contribution in [0, 0.1) is 0 Å². The molecule has 1 atom stereocenters. The van der Waals surface area contributed by atoms with E-state index in [2.05, 4.69) is 16.8 Å². The van der Waals surface area contributed by atoms with Crippen molar-refractivity contribution < 1.29 is 14.6 Å². The Labute approximate surface area is 239 Å². The summed E-state index contributed by atoms with van der Waals surface area (Å²) in [7, 11) is 3.08. The zero-order valence-electron chi connectivity index (χ0n) is 23.2. The minimum absolute atomic E-state index is 0. The molecule has 216 valence electrons. The van der Waals surface area contributed by atoms with E-state index in [0.29, 0.717) is 48.9 Å². The van der Waals surface area contributed by atoms with Crippen molar-refractivity contribution in [1.82, 2.24) is 23.6 Å². The van der Waals surface area contributed by atoms with E-state index < -0.39 is 11.8 Å². The first kappa shape index (κ1) is 30.9. The topological polar surface area (TPSA) is 104 Å². The second kappa shape index (κ2) is 14.7. The highest BCUT2D eigenvalue weighted by molar-refractivity contribution is 5.85. The number of unbranched alkanes of at least 4 members (excludes halogenated alkanes) is 1. The number of aliphatic hydroxyl groups excluding tert-OH is 1. The molecular weight excluding hydrogens is 534 g/mol. The molecule has 40 heavy (non-hydrogen) atoms. The summed E-state index contributed by atoms with van der Waals surface area (Å²) in [6.45, 7) is 4.98. The number of hydrogen-bond acceptors (Lipinski definition) is 7. The summed E-state index contributed by atoms with van der Waals surface area (Å²) in [4.78, 5) is 31.4. The Balaban J connectivity index is 0.00000441. The average Bonchev–Trinajstić information content (AvgIpc) is 3.39. The van der Waals surface area contributed by atoms with Gasteiger partial charge >= 0.3 is 5.69 Å². The van der Waals surface area contributed by atoms with Crippen molar-refractivity contribution >= 4 is 23.6 Å². The van der Waals surface area contributed by atoms with Gasteiger partial charge in [-0.2, -0.15) is 0 Å². The molecule has 0 bridgehead atoms. The van der Waals surface area contributed by atoms with Gasteiger partial charge in [0.2, 0.25) is 0 Å². The fraction of sp³-hybridized carbons (Fsp3) is 0.414. The number of aryl methyl sites for hydroxylation is 1. The maximum absolute atomic E-state index is 12.8. The quantitative estimate of drug-likeness (QED) is 0.248. The molecule has 0 aliphatic heterocycles. The molecular formula is C29H38ClN5O5. The Morgan fingerprint density at radius 3 is 2.33 bits per heavy atom. The smallest absolute Gasteiger partial charge is 0.332 e. The van der Waals surface area contributed by atoms with Crippen molar-refractivity contribution in [2.24, 2.45) is 14.1 Å². The monoisotopic (exact) mass is 571 g/mol. The van der Waals surface area contributed by atoms with Gasteiger partial charge in [0.1, 0.15) is 19.3 Å². The Morgan fingerprint density at radius 2 is 1.62 bits per heavy atom. The van der Waals surface area contributed by atoms with Gasteiger partial charge in [-0.1, -0.05) is 55.8 Å². The molecule has 0 spiro atoms. The van der Waals surface area contributed by atoms with E-state index in [1.807, 2.05) is 54.6 Å². The number of aromatic nitrogens is 4. The SMILES string of the molecule is CCCCN(CCn1cnc2c1c(=O)n(C)c(=O)n2C)CC(O)COc1ccccc1OCc1ccccc1.Cl. The molecule has 4 rings (SSSR count). The van der Waals surface area contributed by atoms with Crippen LogP contribution in [0.4, 0.5) is 0 Å². The Kier molecular flexibility index (Phi) is 11.4. The summed E-state index contributed by atoms with van der Waals surface area (Å²) in [6, 6.07) is 17.4. The number of hydrogen-bond donors (Lipinski definition) is 1. The fourth-order valence-electron chi connectivity index (χ4n) is 4.45. The van der Waals surface area contributed by atoms with Gasteiger partial charge in [-0.15, -0.1) is 12.4 Å². The maximum Gasteiger partial charge on any atom is 0.332 e. The van der Waals surface area contributed by atoms with Crippen molar-refractivity contribution in [2.75, 3.05) is 26.2 Å². The Morgan fingerprint density at radius 1 is 0.950 bits per heavy atom. The highest BCUT2D eigenvalue weighted by atomic mass is 35.5. The van der Waals surface area contributed by atoms with Crippen molar-refractivity contribution in [3.63, 3.8) is 0 Å². The predicted octanol–water partition coefficient (Wildman–Crippen LogP) is 2.98. The number of benzene rings is 2. The lowest BCUT2D eigenvalue weighted by Gasteiger charge is -2.25. The summed E-state index contributed by atoms with van der Waals surface area (Å²) in [5, 5.41) is 10.8. The van der Waals surface area contributed by atoms with E-state index in [1.165, 1.54) is 11.6 Å². The minimum atomic E-state index is -0.725. The largest absolute Gasteiger partial charge is 0.487 e. The lowest BCUT2D eigenvalue weighted by atomic mass is 10.2. The van der Waals surface area contributed by atoms with Gasteiger partial charge in [0.15, 0.2) is 22.7 Å². The highest BCUT2D eigenvalue weighted by Crippen LogP contribution is 2.27. The molecule has 4 aromatic rings. The van der Waals surface area contributed by atoms with Crippen LogP contribution >= 0.6 is 12.4 Å². The minimum Gasteiger partial charge on any atom is -0.487 e. The molecule has 1 unspecified atom stereocenters. The molecule has 0 amide bonds.